The van der Waals surface area contributed by atoms with Crippen LogP contribution in [0.3, 0.4) is 0 Å². The average molecular weight is 474 g/mol. The maximum atomic E-state index is 13.4. The first-order chi connectivity index (χ1) is 17.1. The van der Waals surface area contributed by atoms with Crippen molar-refractivity contribution >= 4 is 17.5 Å². The highest BCUT2D eigenvalue weighted by molar-refractivity contribution is 5.92. The van der Waals surface area contributed by atoms with Crippen LogP contribution in [-0.4, -0.2) is 67.8 Å². The minimum Gasteiger partial charge on any atom is -0.495 e. The topological polar surface area (TPSA) is 82.1 Å². The van der Waals surface area contributed by atoms with Gasteiger partial charge in [-0.3, -0.25) is 9.59 Å². The van der Waals surface area contributed by atoms with E-state index in [9.17, 15) is 14.7 Å². The minimum atomic E-state index is -1.00. The number of piperazine rings is 1. The number of para-hydroxylation sites is 2. The van der Waals surface area contributed by atoms with Gasteiger partial charge in [0, 0.05) is 26.2 Å². The van der Waals surface area contributed by atoms with E-state index in [-0.39, 0.29) is 11.8 Å². The van der Waals surface area contributed by atoms with Crippen molar-refractivity contribution in [3.63, 3.8) is 0 Å². The van der Waals surface area contributed by atoms with E-state index in [0.717, 1.165) is 22.6 Å². The van der Waals surface area contributed by atoms with E-state index < -0.39 is 18.6 Å². The van der Waals surface area contributed by atoms with Gasteiger partial charge in [0.2, 0.25) is 11.8 Å². The zero-order valence-electron chi connectivity index (χ0n) is 19.8. The molecule has 1 aliphatic rings. The summed E-state index contributed by atoms with van der Waals surface area (Å²) in [5, 5.41) is 12.8. The quantitative estimate of drug-likeness (QED) is 0.526. The van der Waals surface area contributed by atoms with E-state index in [1.54, 1.807) is 12.0 Å². The number of hydrogen-bond donors (Lipinski definition) is 2. The Morgan fingerprint density at radius 2 is 1.40 bits per heavy atom. The van der Waals surface area contributed by atoms with E-state index in [1.807, 2.05) is 84.9 Å². The summed E-state index contributed by atoms with van der Waals surface area (Å²) in [5.74, 6) is -0.384. The molecule has 7 nitrogen and oxygen atoms in total. The number of anilines is 1. The van der Waals surface area contributed by atoms with Gasteiger partial charge in [0.1, 0.15) is 11.8 Å². The number of carbonyl (C=O) groups is 2. The number of methoxy groups -OCH3 is 1. The molecular weight excluding hydrogens is 442 g/mol. The maximum Gasteiger partial charge on any atom is 0.247 e. The van der Waals surface area contributed by atoms with Crippen molar-refractivity contribution in [2.75, 3.05) is 44.8 Å². The van der Waals surface area contributed by atoms with E-state index in [0.29, 0.717) is 26.2 Å². The van der Waals surface area contributed by atoms with Gasteiger partial charge in [-0.05, 0) is 23.3 Å². The zero-order valence-corrected chi connectivity index (χ0v) is 19.8. The summed E-state index contributed by atoms with van der Waals surface area (Å²) in [6.07, 6.45) is 0. The van der Waals surface area contributed by atoms with Crippen LogP contribution in [0.1, 0.15) is 17.0 Å². The lowest BCUT2D eigenvalue weighted by molar-refractivity contribution is -0.138. The Labute approximate surface area is 205 Å². The molecule has 182 valence electrons. The third-order valence-corrected chi connectivity index (χ3v) is 6.34. The van der Waals surface area contributed by atoms with Gasteiger partial charge in [-0.1, -0.05) is 72.8 Å². The highest BCUT2D eigenvalue weighted by Crippen LogP contribution is 2.28. The third kappa shape index (κ3) is 5.63. The number of amides is 2. The normalized spacial score (nSPS) is 14.5. The van der Waals surface area contributed by atoms with Crippen LogP contribution in [-0.2, 0) is 9.59 Å². The summed E-state index contributed by atoms with van der Waals surface area (Å²) in [6, 6.07) is 25.7. The van der Waals surface area contributed by atoms with Crippen molar-refractivity contribution in [1.29, 1.82) is 0 Å². The van der Waals surface area contributed by atoms with Gasteiger partial charge >= 0.3 is 0 Å². The molecule has 0 aliphatic carbocycles. The summed E-state index contributed by atoms with van der Waals surface area (Å²) >= 11 is 0. The molecule has 0 aromatic heterocycles. The molecule has 0 bridgehead atoms. The predicted molar refractivity (Wildman–Crippen MR) is 136 cm³/mol. The number of rotatable bonds is 8. The Hall–Kier alpha value is -3.84. The molecule has 7 heteroatoms. The van der Waals surface area contributed by atoms with Crippen molar-refractivity contribution in [3.05, 3.63) is 96.1 Å². The molecule has 3 aromatic carbocycles. The number of aliphatic hydroxyl groups is 1. The molecule has 0 unspecified atom stereocenters. The van der Waals surface area contributed by atoms with E-state index in [1.165, 1.54) is 0 Å². The molecular formula is C28H31N3O4. The monoisotopic (exact) mass is 473 g/mol. The fourth-order valence-electron chi connectivity index (χ4n) is 4.51. The predicted octanol–water partition coefficient (Wildman–Crippen LogP) is 2.65. The molecule has 3 aromatic rings. The molecule has 0 saturated carbocycles. The molecule has 1 heterocycles. The van der Waals surface area contributed by atoms with Crippen molar-refractivity contribution in [1.82, 2.24) is 10.2 Å². The molecule has 4 rings (SSSR count). The van der Waals surface area contributed by atoms with Crippen molar-refractivity contribution in [3.8, 4) is 5.75 Å². The van der Waals surface area contributed by atoms with Gasteiger partial charge in [0.05, 0.1) is 25.3 Å². The minimum absolute atomic E-state index is 0.277. The second-order valence-corrected chi connectivity index (χ2v) is 8.48. The third-order valence-electron chi connectivity index (χ3n) is 6.34. The number of carbonyl (C=O) groups excluding carboxylic acids is 2. The number of nitrogens with one attached hydrogen (secondary N) is 1. The lowest BCUT2D eigenvalue weighted by Crippen LogP contribution is -2.56. The summed E-state index contributed by atoms with van der Waals surface area (Å²) in [7, 11) is 1.64. The van der Waals surface area contributed by atoms with Gasteiger partial charge < -0.3 is 25.0 Å². The van der Waals surface area contributed by atoms with Crippen LogP contribution in [0, 0.1) is 0 Å². The molecule has 1 atom stereocenters. The first-order valence-corrected chi connectivity index (χ1v) is 11.8. The summed E-state index contributed by atoms with van der Waals surface area (Å²) in [4.78, 5) is 30.5. The number of aliphatic hydroxyl groups excluding tert-OH is 1. The van der Waals surface area contributed by atoms with E-state index in [4.69, 9.17) is 4.74 Å². The molecule has 1 fully saturated rings. The van der Waals surface area contributed by atoms with Gasteiger partial charge in [0.25, 0.3) is 0 Å². The van der Waals surface area contributed by atoms with Gasteiger partial charge in [0.15, 0.2) is 0 Å². The van der Waals surface area contributed by atoms with Crippen LogP contribution in [0.15, 0.2) is 84.9 Å². The smallest absolute Gasteiger partial charge is 0.247 e. The lowest BCUT2D eigenvalue weighted by atomic mass is 9.90. The first kappa shape index (κ1) is 24.3. The Balaban J connectivity index is 1.44. The number of benzene rings is 3. The largest absolute Gasteiger partial charge is 0.495 e. The second kappa shape index (κ2) is 11.5. The molecule has 0 radical (unpaired) electrons. The molecule has 35 heavy (non-hydrogen) atoms. The van der Waals surface area contributed by atoms with Gasteiger partial charge in [-0.15, -0.1) is 0 Å². The van der Waals surface area contributed by atoms with Crippen molar-refractivity contribution < 1.29 is 19.4 Å². The number of nitrogens with zero attached hydrogens (tertiary/aromatic N) is 2. The number of ether oxygens (including phenoxy) is 1. The summed E-state index contributed by atoms with van der Waals surface area (Å²) in [6.45, 7) is 1.78. The Morgan fingerprint density at radius 3 is 1.94 bits per heavy atom. The van der Waals surface area contributed by atoms with Crippen molar-refractivity contribution in [2.45, 2.75) is 12.0 Å². The molecule has 0 spiro atoms. The standard InChI is InChI=1S/C28H31N3O4/c1-35-25-15-9-8-14-24(25)30-16-18-31(19-17-30)28(34)23(20-32)29-27(33)26(21-10-4-2-5-11-21)22-12-6-3-7-13-22/h2-15,23,26,32H,16-20H2,1H3,(H,29,33)/t23-/m0/s1. The van der Waals surface area contributed by atoms with E-state index >= 15 is 0 Å². The van der Waals surface area contributed by atoms with Crippen molar-refractivity contribution in [2.24, 2.45) is 0 Å². The number of hydrogen-bond acceptors (Lipinski definition) is 5. The zero-order chi connectivity index (χ0) is 24.6. The fraction of sp³-hybridized carbons (Fsp3) is 0.286. The maximum absolute atomic E-state index is 13.4. The second-order valence-electron chi connectivity index (χ2n) is 8.48. The molecule has 2 N–H and O–H groups in total. The molecule has 2 amide bonds. The van der Waals surface area contributed by atoms with Crippen LogP contribution >= 0.6 is 0 Å². The lowest BCUT2D eigenvalue weighted by Gasteiger charge is -2.38. The van der Waals surface area contributed by atoms with Crippen LogP contribution in [0.2, 0.25) is 0 Å². The average Bonchev–Trinajstić information content (AvgIpc) is 2.92. The fourth-order valence-corrected chi connectivity index (χ4v) is 4.51. The van der Waals surface area contributed by atoms with Crippen LogP contribution in [0.4, 0.5) is 5.69 Å². The molecule has 1 saturated heterocycles. The van der Waals surface area contributed by atoms with Crippen LogP contribution < -0.4 is 15.0 Å². The first-order valence-electron chi connectivity index (χ1n) is 11.8. The van der Waals surface area contributed by atoms with Gasteiger partial charge in [-0.25, -0.2) is 0 Å². The van der Waals surface area contributed by atoms with Crippen LogP contribution in [0.25, 0.3) is 0 Å². The Morgan fingerprint density at radius 1 is 0.857 bits per heavy atom. The summed E-state index contributed by atoms with van der Waals surface area (Å²) < 4.78 is 5.46. The highest BCUT2D eigenvalue weighted by Gasteiger charge is 2.31. The van der Waals surface area contributed by atoms with E-state index in [2.05, 4.69) is 10.2 Å². The highest BCUT2D eigenvalue weighted by atomic mass is 16.5. The van der Waals surface area contributed by atoms with Gasteiger partial charge in [-0.2, -0.15) is 0 Å². The SMILES string of the molecule is COc1ccccc1N1CCN(C(=O)[C@H](CO)NC(=O)C(c2ccccc2)c2ccccc2)CC1. The summed E-state index contributed by atoms with van der Waals surface area (Å²) in [5.41, 5.74) is 2.64. The Kier molecular flexibility index (Phi) is 8.00. The molecule has 1 aliphatic heterocycles. The Bertz CT molecular complexity index is 1080. The van der Waals surface area contributed by atoms with Crippen LogP contribution in [0.5, 0.6) is 5.75 Å².